The molecule has 0 bridgehead atoms. The lowest BCUT2D eigenvalue weighted by molar-refractivity contribution is -0.122. The van der Waals surface area contributed by atoms with Crippen molar-refractivity contribution in [3.05, 3.63) is 28.8 Å². The molecular formula is C15H24Cl3N3O. The zero-order chi connectivity index (χ0) is 14.7. The molecule has 1 heterocycles. The number of nitrogens with zero attached hydrogens (tertiary/aromatic N) is 1. The van der Waals surface area contributed by atoms with Crippen LogP contribution in [0.15, 0.2) is 18.2 Å². The maximum atomic E-state index is 11.5. The molecule has 1 aliphatic heterocycles. The van der Waals surface area contributed by atoms with Gasteiger partial charge >= 0.3 is 0 Å². The molecule has 1 aromatic rings. The smallest absolute Gasteiger partial charge is 0.236 e. The molecule has 2 atom stereocenters. The van der Waals surface area contributed by atoms with E-state index >= 15 is 0 Å². The highest BCUT2D eigenvalue weighted by molar-refractivity contribution is 6.30. The predicted molar refractivity (Wildman–Crippen MR) is 97.7 cm³/mol. The van der Waals surface area contributed by atoms with Crippen LogP contribution < -0.4 is 16.0 Å². The summed E-state index contributed by atoms with van der Waals surface area (Å²) in [6.45, 7) is 6.43. The van der Waals surface area contributed by atoms with Crippen LogP contribution in [-0.2, 0) is 4.79 Å². The summed E-state index contributed by atoms with van der Waals surface area (Å²) in [7, 11) is 0. The Hall–Kier alpha value is -0.680. The average Bonchev–Trinajstić information content (AvgIpc) is 2.87. The zero-order valence-corrected chi connectivity index (χ0v) is 15.2. The number of carbonyl (C=O) groups is 1. The summed E-state index contributed by atoms with van der Waals surface area (Å²) >= 11 is 6.07. The first-order valence-corrected chi connectivity index (χ1v) is 7.39. The van der Waals surface area contributed by atoms with Gasteiger partial charge in [0.05, 0.1) is 6.04 Å². The number of hydrogen-bond acceptors (Lipinski definition) is 3. The molecule has 0 saturated carbocycles. The summed E-state index contributed by atoms with van der Waals surface area (Å²) in [5, 5.41) is 3.67. The van der Waals surface area contributed by atoms with E-state index in [0.717, 1.165) is 24.5 Å². The lowest BCUT2D eigenvalue weighted by atomic mass is 10.1. The van der Waals surface area contributed by atoms with Gasteiger partial charge in [0.25, 0.3) is 0 Å². The third kappa shape index (κ3) is 5.51. The summed E-state index contributed by atoms with van der Waals surface area (Å²) < 4.78 is 0. The molecule has 1 amide bonds. The van der Waals surface area contributed by atoms with Gasteiger partial charge in [-0.05, 0) is 43.9 Å². The molecular weight excluding hydrogens is 345 g/mol. The van der Waals surface area contributed by atoms with Crippen molar-refractivity contribution < 1.29 is 4.79 Å². The highest BCUT2D eigenvalue weighted by atomic mass is 35.5. The van der Waals surface area contributed by atoms with Gasteiger partial charge in [-0.3, -0.25) is 4.79 Å². The lowest BCUT2D eigenvalue weighted by Gasteiger charge is -2.21. The van der Waals surface area contributed by atoms with Crippen molar-refractivity contribution in [2.45, 2.75) is 26.3 Å². The number of aryl methyl sites for hydroxylation is 1. The highest BCUT2D eigenvalue weighted by Crippen LogP contribution is 2.29. The Balaban J connectivity index is 0.00000220. The van der Waals surface area contributed by atoms with Crippen molar-refractivity contribution in [1.29, 1.82) is 0 Å². The summed E-state index contributed by atoms with van der Waals surface area (Å²) in [4.78, 5) is 13.8. The maximum absolute atomic E-state index is 11.5. The lowest BCUT2D eigenvalue weighted by Crippen LogP contribution is -2.40. The first-order chi connectivity index (χ1) is 9.47. The maximum Gasteiger partial charge on any atom is 0.236 e. The van der Waals surface area contributed by atoms with Crippen LogP contribution in [0.5, 0.6) is 0 Å². The zero-order valence-electron chi connectivity index (χ0n) is 12.8. The van der Waals surface area contributed by atoms with Gasteiger partial charge < -0.3 is 16.0 Å². The van der Waals surface area contributed by atoms with Gasteiger partial charge in [0.2, 0.25) is 5.91 Å². The van der Waals surface area contributed by atoms with Crippen molar-refractivity contribution >= 4 is 48.0 Å². The molecule has 0 aromatic heterocycles. The van der Waals surface area contributed by atoms with Gasteiger partial charge in [0, 0.05) is 30.3 Å². The largest absolute Gasteiger partial charge is 0.371 e. The summed E-state index contributed by atoms with van der Waals surface area (Å²) in [6, 6.07) is 5.53. The molecule has 1 fully saturated rings. The van der Waals surface area contributed by atoms with Crippen LogP contribution in [0.4, 0.5) is 5.69 Å². The number of halogens is 3. The molecule has 0 aliphatic carbocycles. The van der Waals surface area contributed by atoms with Gasteiger partial charge in [0.15, 0.2) is 0 Å². The Morgan fingerprint density at radius 1 is 1.50 bits per heavy atom. The fourth-order valence-corrected chi connectivity index (χ4v) is 2.71. The van der Waals surface area contributed by atoms with Crippen molar-refractivity contribution in [1.82, 2.24) is 5.32 Å². The van der Waals surface area contributed by atoms with E-state index in [0.29, 0.717) is 12.5 Å². The van der Waals surface area contributed by atoms with Gasteiger partial charge in [0.1, 0.15) is 0 Å². The number of benzene rings is 1. The predicted octanol–water partition coefficient (Wildman–Crippen LogP) is 2.78. The quantitative estimate of drug-likeness (QED) is 0.859. The van der Waals surface area contributed by atoms with Gasteiger partial charge in [-0.15, -0.1) is 24.8 Å². The van der Waals surface area contributed by atoms with Crippen LogP contribution in [0.2, 0.25) is 5.02 Å². The first-order valence-electron chi connectivity index (χ1n) is 7.01. The normalized spacial score (nSPS) is 18.2. The van der Waals surface area contributed by atoms with E-state index in [9.17, 15) is 4.79 Å². The Labute approximate surface area is 149 Å². The highest BCUT2D eigenvalue weighted by Gasteiger charge is 2.24. The van der Waals surface area contributed by atoms with Gasteiger partial charge in [-0.1, -0.05) is 17.7 Å². The molecule has 126 valence electrons. The SMILES string of the molecule is Cc1ccc(Cl)cc1N1CCC(CNC(=O)[C@@H](C)N)C1.Cl.Cl. The second-order valence-electron chi connectivity index (χ2n) is 5.57. The topological polar surface area (TPSA) is 58.4 Å². The van der Waals surface area contributed by atoms with Crippen LogP contribution in [-0.4, -0.2) is 31.6 Å². The summed E-state index contributed by atoms with van der Waals surface area (Å²) in [5.74, 6) is 0.387. The summed E-state index contributed by atoms with van der Waals surface area (Å²) in [6.07, 6.45) is 1.07. The van der Waals surface area contributed by atoms with E-state index in [2.05, 4.69) is 17.1 Å². The van der Waals surface area contributed by atoms with E-state index in [-0.39, 0.29) is 30.7 Å². The number of carbonyl (C=O) groups excluding carboxylic acids is 1. The third-order valence-corrected chi connectivity index (χ3v) is 4.01. The molecule has 0 spiro atoms. The first kappa shape index (κ1) is 21.3. The van der Waals surface area contributed by atoms with E-state index in [1.807, 2.05) is 18.2 Å². The van der Waals surface area contributed by atoms with E-state index in [1.54, 1.807) is 6.92 Å². The number of hydrogen-bond donors (Lipinski definition) is 2. The Morgan fingerprint density at radius 2 is 2.18 bits per heavy atom. The molecule has 1 aromatic carbocycles. The Kier molecular flexibility index (Phi) is 9.16. The van der Waals surface area contributed by atoms with Crippen molar-refractivity contribution in [2.75, 3.05) is 24.5 Å². The minimum absolute atomic E-state index is 0. The third-order valence-electron chi connectivity index (χ3n) is 3.78. The van der Waals surface area contributed by atoms with Crippen LogP contribution in [0.25, 0.3) is 0 Å². The number of amides is 1. The summed E-state index contributed by atoms with van der Waals surface area (Å²) in [5.41, 5.74) is 7.96. The van der Waals surface area contributed by atoms with Crippen LogP contribution in [0.3, 0.4) is 0 Å². The molecule has 22 heavy (non-hydrogen) atoms. The van der Waals surface area contributed by atoms with Crippen molar-refractivity contribution in [2.24, 2.45) is 11.7 Å². The van der Waals surface area contributed by atoms with Gasteiger partial charge in [-0.2, -0.15) is 0 Å². The van der Waals surface area contributed by atoms with Crippen molar-refractivity contribution in [3.8, 4) is 0 Å². The number of nitrogens with one attached hydrogen (secondary N) is 1. The fourth-order valence-electron chi connectivity index (χ4n) is 2.55. The number of nitrogens with two attached hydrogens (primary N) is 1. The Bertz CT molecular complexity index is 497. The van der Waals surface area contributed by atoms with E-state index in [1.165, 1.54) is 11.3 Å². The van der Waals surface area contributed by atoms with Gasteiger partial charge in [-0.25, -0.2) is 0 Å². The van der Waals surface area contributed by atoms with Crippen LogP contribution >= 0.6 is 36.4 Å². The molecule has 3 N–H and O–H groups in total. The molecule has 1 unspecified atom stereocenters. The molecule has 1 saturated heterocycles. The second kappa shape index (κ2) is 9.46. The molecule has 2 rings (SSSR count). The minimum atomic E-state index is -0.442. The molecule has 0 radical (unpaired) electrons. The fraction of sp³-hybridized carbons (Fsp3) is 0.533. The average molecular weight is 369 g/mol. The van der Waals surface area contributed by atoms with Crippen LogP contribution in [0.1, 0.15) is 18.9 Å². The van der Waals surface area contributed by atoms with E-state index in [4.69, 9.17) is 17.3 Å². The van der Waals surface area contributed by atoms with E-state index < -0.39 is 6.04 Å². The number of anilines is 1. The minimum Gasteiger partial charge on any atom is -0.371 e. The standard InChI is InChI=1S/C15H22ClN3O.2ClH/c1-10-3-4-13(16)7-14(10)19-6-5-12(9-19)8-18-15(20)11(2)17;;/h3-4,7,11-12H,5-6,8-9,17H2,1-2H3,(H,18,20);2*1H/t11-,12?;;/m1../s1. The molecule has 1 aliphatic rings. The van der Waals surface area contributed by atoms with Crippen LogP contribution in [0, 0.1) is 12.8 Å². The molecule has 4 nitrogen and oxygen atoms in total. The monoisotopic (exact) mass is 367 g/mol. The molecule has 7 heteroatoms. The Morgan fingerprint density at radius 3 is 2.82 bits per heavy atom. The van der Waals surface area contributed by atoms with Crippen molar-refractivity contribution in [3.63, 3.8) is 0 Å². The number of rotatable bonds is 4. The second-order valence-corrected chi connectivity index (χ2v) is 6.00.